The van der Waals surface area contributed by atoms with Gasteiger partial charge in [-0.25, -0.2) is 9.78 Å². The minimum absolute atomic E-state index is 0.309. The number of carboxylic acids is 1. The van der Waals surface area contributed by atoms with Crippen LogP contribution in [0.1, 0.15) is 29.2 Å². The van der Waals surface area contributed by atoms with E-state index in [0.29, 0.717) is 11.6 Å². The molecular weight excluding hydrogens is 242 g/mol. The molecule has 0 radical (unpaired) electrons. The fourth-order valence-electron chi connectivity index (χ4n) is 2.90. The van der Waals surface area contributed by atoms with Crippen LogP contribution in [0.5, 0.6) is 0 Å². The maximum absolute atomic E-state index is 11.4. The number of fused-ring (bicyclic) bond motifs is 1. The Hall–Kier alpha value is -1.88. The van der Waals surface area contributed by atoms with Gasteiger partial charge >= 0.3 is 5.97 Å². The van der Waals surface area contributed by atoms with Crippen molar-refractivity contribution in [2.24, 2.45) is 0 Å². The summed E-state index contributed by atoms with van der Waals surface area (Å²) in [5.41, 5.74) is 1.84. The normalized spacial score (nSPS) is 20.8. The van der Waals surface area contributed by atoms with E-state index in [1.807, 2.05) is 10.6 Å². The van der Waals surface area contributed by atoms with Crippen molar-refractivity contribution in [2.45, 2.75) is 18.9 Å². The Balaban J connectivity index is 2.11. The number of likely N-dealkylation sites (tertiary alicyclic amines) is 1. The fourth-order valence-corrected chi connectivity index (χ4v) is 2.90. The highest BCUT2D eigenvalue weighted by molar-refractivity contribution is 6.01. The van der Waals surface area contributed by atoms with Gasteiger partial charge in [-0.1, -0.05) is 6.07 Å². The summed E-state index contributed by atoms with van der Waals surface area (Å²) in [5.74, 6) is -0.892. The van der Waals surface area contributed by atoms with Crippen LogP contribution < -0.4 is 0 Å². The highest BCUT2D eigenvalue weighted by Gasteiger charge is 2.22. The van der Waals surface area contributed by atoms with E-state index in [9.17, 15) is 9.90 Å². The SMILES string of the molecule is CN1CCCC(n2cnc3cccc(C(=O)O)c32)C1. The summed E-state index contributed by atoms with van der Waals surface area (Å²) in [6.45, 7) is 2.05. The molecule has 100 valence electrons. The molecule has 1 unspecified atom stereocenters. The van der Waals surface area contributed by atoms with Crippen LogP contribution in [0, 0.1) is 0 Å². The van der Waals surface area contributed by atoms with Crippen LogP contribution in [0.25, 0.3) is 11.0 Å². The van der Waals surface area contributed by atoms with E-state index in [1.54, 1.807) is 18.5 Å². The van der Waals surface area contributed by atoms with E-state index in [4.69, 9.17) is 0 Å². The molecule has 3 rings (SSSR count). The summed E-state index contributed by atoms with van der Waals surface area (Å²) in [6, 6.07) is 5.57. The van der Waals surface area contributed by atoms with E-state index in [0.717, 1.165) is 37.0 Å². The smallest absolute Gasteiger partial charge is 0.337 e. The first-order valence-electron chi connectivity index (χ1n) is 6.54. The molecule has 1 aliphatic rings. The van der Waals surface area contributed by atoms with Crippen LogP contribution in [-0.2, 0) is 0 Å². The predicted molar refractivity (Wildman–Crippen MR) is 72.5 cm³/mol. The number of likely N-dealkylation sites (N-methyl/N-ethyl adjacent to an activating group) is 1. The number of carboxylic acid groups (broad SMARTS) is 1. The van der Waals surface area contributed by atoms with Crippen LogP contribution in [-0.4, -0.2) is 45.7 Å². The number of para-hydroxylation sites is 1. The van der Waals surface area contributed by atoms with Crippen molar-refractivity contribution < 1.29 is 9.90 Å². The molecule has 0 bridgehead atoms. The van der Waals surface area contributed by atoms with E-state index in [1.165, 1.54) is 0 Å². The summed E-state index contributed by atoms with van der Waals surface area (Å²) in [4.78, 5) is 18.0. The van der Waals surface area contributed by atoms with Gasteiger partial charge in [-0.3, -0.25) is 0 Å². The lowest BCUT2D eigenvalue weighted by Crippen LogP contribution is -2.33. The first-order chi connectivity index (χ1) is 9.16. The molecule has 19 heavy (non-hydrogen) atoms. The van der Waals surface area contributed by atoms with Crippen molar-refractivity contribution in [3.8, 4) is 0 Å². The zero-order valence-corrected chi connectivity index (χ0v) is 10.9. The quantitative estimate of drug-likeness (QED) is 0.896. The Labute approximate surface area is 111 Å². The number of benzene rings is 1. The molecule has 1 aromatic heterocycles. The number of aromatic carboxylic acids is 1. The standard InChI is InChI=1S/C14H17N3O2/c1-16-7-3-4-10(8-16)17-9-15-12-6-2-5-11(13(12)17)14(18)19/h2,5-6,9-10H,3-4,7-8H2,1H3,(H,18,19). The second-order valence-electron chi connectivity index (χ2n) is 5.19. The Bertz CT molecular complexity index is 620. The van der Waals surface area contributed by atoms with Gasteiger partial charge in [-0.05, 0) is 38.6 Å². The molecule has 1 N–H and O–H groups in total. The molecule has 2 aromatic rings. The number of aromatic nitrogens is 2. The molecule has 1 fully saturated rings. The summed E-state index contributed by atoms with van der Waals surface area (Å²) in [6.07, 6.45) is 3.99. The Morgan fingerprint density at radius 3 is 3.05 bits per heavy atom. The van der Waals surface area contributed by atoms with Crippen LogP contribution in [0.15, 0.2) is 24.5 Å². The molecule has 0 saturated carbocycles. The molecule has 0 amide bonds. The van der Waals surface area contributed by atoms with Crippen molar-refractivity contribution in [3.63, 3.8) is 0 Å². The first-order valence-corrected chi connectivity index (χ1v) is 6.54. The molecule has 1 aromatic carbocycles. The van der Waals surface area contributed by atoms with Crippen LogP contribution in [0.2, 0.25) is 0 Å². The molecule has 5 nitrogen and oxygen atoms in total. The molecule has 1 saturated heterocycles. The minimum atomic E-state index is -0.892. The zero-order valence-electron chi connectivity index (χ0n) is 10.9. The van der Waals surface area contributed by atoms with Crippen molar-refractivity contribution in [1.82, 2.24) is 14.5 Å². The van der Waals surface area contributed by atoms with Gasteiger partial charge in [-0.15, -0.1) is 0 Å². The molecule has 5 heteroatoms. The van der Waals surface area contributed by atoms with E-state index < -0.39 is 5.97 Å². The third-order valence-electron chi connectivity index (χ3n) is 3.82. The van der Waals surface area contributed by atoms with Gasteiger partial charge in [0.25, 0.3) is 0 Å². The molecular formula is C14H17N3O2. The van der Waals surface area contributed by atoms with Crippen molar-refractivity contribution >= 4 is 17.0 Å². The molecule has 1 atom stereocenters. The zero-order chi connectivity index (χ0) is 13.4. The van der Waals surface area contributed by atoms with Gasteiger partial charge in [0.05, 0.1) is 22.9 Å². The van der Waals surface area contributed by atoms with E-state index >= 15 is 0 Å². The van der Waals surface area contributed by atoms with Gasteiger partial charge in [0.1, 0.15) is 0 Å². The van der Waals surface area contributed by atoms with Crippen molar-refractivity contribution in [1.29, 1.82) is 0 Å². The topological polar surface area (TPSA) is 58.4 Å². The fraction of sp³-hybridized carbons (Fsp3) is 0.429. The predicted octanol–water partition coefficient (Wildman–Crippen LogP) is 2.00. The lowest BCUT2D eigenvalue weighted by atomic mass is 10.1. The number of rotatable bonds is 2. The van der Waals surface area contributed by atoms with Crippen molar-refractivity contribution in [3.05, 3.63) is 30.1 Å². The number of carbonyl (C=O) groups is 1. The summed E-state index contributed by atoms with van der Waals surface area (Å²) in [7, 11) is 2.10. The highest BCUT2D eigenvalue weighted by Crippen LogP contribution is 2.27. The lowest BCUT2D eigenvalue weighted by molar-refractivity contribution is 0.0698. The molecule has 2 heterocycles. The number of piperidine rings is 1. The largest absolute Gasteiger partial charge is 0.478 e. The number of imidazole rings is 1. The van der Waals surface area contributed by atoms with Crippen LogP contribution in [0.3, 0.4) is 0 Å². The van der Waals surface area contributed by atoms with E-state index in [2.05, 4.69) is 16.9 Å². The number of hydrogen-bond acceptors (Lipinski definition) is 3. The molecule has 0 spiro atoms. The Morgan fingerprint density at radius 1 is 1.47 bits per heavy atom. The Morgan fingerprint density at radius 2 is 2.32 bits per heavy atom. The summed E-state index contributed by atoms with van der Waals surface area (Å²) in [5, 5.41) is 9.32. The second-order valence-corrected chi connectivity index (χ2v) is 5.19. The van der Waals surface area contributed by atoms with Crippen molar-refractivity contribution in [2.75, 3.05) is 20.1 Å². The van der Waals surface area contributed by atoms with E-state index in [-0.39, 0.29) is 0 Å². The second kappa shape index (κ2) is 4.66. The summed E-state index contributed by atoms with van der Waals surface area (Å²) < 4.78 is 2.04. The maximum atomic E-state index is 11.4. The monoisotopic (exact) mass is 259 g/mol. The van der Waals surface area contributed by atoms with Crippen LogP contribution in [0.4, 0.5) is 0 Å². The average Bonchev–Trinajstić information content (AvgIpc) is 2.82. The third-order valence-corrected chi connectivity index (χ3v) is 3.82. The van der Waals surface area contributed by atoms with Gasteiger partial charge < -0.3 is 14.6 Å². The summed E-state index contributed by atoms with van der Waals surface area (Å²) >= 11 is 0. The highest BCUT2D eigenvalue weighted by atomic mass is 16.4. The van der Waals surface area contributed by atoms with Gasteiger partial charge in [0, 0.05) is 12.6 Å². The molecule has 1 aliphatic heterocycles. The van der Waals surface area contributed by atoms with Gasteiger partial charge in [0.15, 0.2) is 0 Å². The number of hydrogen-bond donors (Lipinski definition) is 1. The van der Waals surface area contributed by atoms with Gasteiger partial charge in [0.2, 0.25) is 0 Å². The van der Waals surface area contributed by atoms with Gasteiger partial charge in [-0.2, -0.15) is 0 Å². The third kappa shape index (κ3) is 2.10. The first kappa shape index (κ1) is 12.2. The lowest BCUT2D eigenvalue weighted by Gasteiger charge is -2.31. The number of nitrogens with zero attached hydrogens (tertiary/aromatic N) is 3. The minimum Gasteiger partial charge on any atom is -0.478 e. The molecule has 0 aliphatic carbocycles. The maximum Gasteiger partial charge on any atom is 0.337 e. The van der Waals surface area contributed by atoms with Crippen LogP contribution >= 0.6 is 0 Å². The Kier molecular flexibility index (Phi) is 2.98. The average molecular weight is 259 g/mol.